The summed E-state index contributed by atoms with van der Waals surface area (Å²) in [5.74, 6) is 0.898. The molecule has 2 heteroatoms. The average molecular weight is 81.8 g/mol. The van der Waals surface area contributed by atoms with E-state index in [0.717, 1.165) is 5.82 Å². The van der Waals surface area contributed by atoms with Crippen LogP contribution >= 0.6 is 0 Å². The van der Waals surface area contributed by atoms with Gasteiger partial charge in [-0.05, 0) is 0 Å². The van der Waals surface area contributed by atoms with Gasteiger partial charge >= 0.3 is 0 Å². The molecule has 0 rings (SSSR count). The highest BCUT2D eigenvalue weighted by atomic mass is 13.8. The summed E-state index contributed by atoms with van der Waals surface area (Å²) in [4.78, 5) is 0. The summed E-state index contributed by atoms with van der Waals surface area (Å²) in [6, 6.07) is 0. The van der Waals surface area contributed by atoms with Gasteiger partial charge < -0.3 is 0 Å². The maximum absolute atomic E-state index is 2.25. The molecule has 0 aliphatic carbocycles. The van der Waals surface area contributed by atoms with Gasteiger partial charge in [-0.1, -0.05) is 25.5 Å². The Morgan fingerprint density at radius 3 is 2.17 bits per heavy atom. The van der Waals surface area contributed by atoms with E-state index in [0.29, 0.717) is 0 Å². The van der Waals surface area contributed by atoms with E-state index in [-0.39, 0.29) is 0 Å². The second kappa shape index (κ2) is 3.32. The first kappa shape index (κ1) is 6.13. The Bertz CT molecular complexity index is 26.7. The lowest BCUT2D eigenvalue weighted by atomic mass is 9.82. The molecular weight excluding hydrogens is 69.7 g/mol. The van der Waals surface area contributed by atoms with Gasteiger partial charge in [-0.2, -0.15) is 0 Å². The van der Waals surface area contributed by atoms with Gasteiger partial charge in [0.15, 0.2) is 0 Å². The molecule has 34 valence electrons. The van der Waals surface area contributed by atoms with Crippen LogP contribution in [0.2, 0.25) is 12.1 Å². The zero-order valence-electron chi connectivity index (χ0n) is 4.99. The van der Waals surface area contributed by atoms with E-state index >= 15 is 0 Å². The van der Waals surface area contributed by atoms with E-state index in [1.165, 1.54) is 12.7 Å². The molecule has 0 saturated carbocycles. The molecule has 0 nitrogen and oxygen atoms in total. The van der Waals surface area contributed by atoms with Crippen molar-refractivity contribution in [3.05, 3.63) is 0 Å². The van der Waals surface area contributed by atoms with E-state index in [1.54, 1.807) is 0 Å². The molecule has 0 bridgehead atoms. The van der Waals surface area contributed by atoms with Crippen LogP contribution in [0, 0.1) is 0 Å². The third kappa shape index (κ3) is 4.13. The summed E-state index contributed by atoms with van der Waals surface area (Å²) in [6.07, 6.45) is 2.71. The topological polar surface area (TPSA) is 0 Å². The first-order chi connectivity index (χ1) is 2.77. The zero-order chi connectivity index (χ0) is 4.99. The molecule has 0 aromatic heterocycles. The largest absolute Gasteiger partial charge is 0.105 e. The molecule has 6 heavy (non-hydrogen) atoms. The van der Waals surface area contributed by atoms with Crippen LogP contribution in [0.15, 0.2) is 0 Å². The molecule has 0 spiro atoms. The molecule has 0 aromatic rings. The Hall–Kier alpha value is 0.130. The Kier molecular flexibility index (Phi) is 3.40. The fourth-order valence-corrected chi connectivity index (χ4v) is 0.577. The lowest BCUT2D eigenvalue weighted by molar-refractivity contribution is 0.878. The number of rotatable bonds is 2. The molecule has 0 unspecified atom stereocenters. The maximum Gasteiger partial charge on any atom is 0.105 e. The molecule has 0 amide bonds. The van der Waals surface area contributed by atoms with Crippen molar-refractivity contribution in [2.24, 2.45) is 0 Å². The summed E-state index contributed by atoms with van der Waals surface area (Å²) >= 11 is 0. The first-order valence-electron chi connectivity index (χ1n) is 2.77. The fourth-order valence-electron chi connectivity index (χ4n) is 0.577. The van der Waals surface area contributed by atoms with Crippen molar-refractivity contribution in [1.29, 1.82) is 0 Å². The number of hydrogen-bond donors (Lipinski definition) is 0. The standard InChI is InChI=1S/C4H12B2/c1-4(6)2-3-5/h4H,2-3,5-6H2,1H3/t4-/m1/s1. The summed E-state index contributed by atoms with van der Waals surface area (Å²) in [5, 5.41) is 0. The summed E-state index contributed by atoms with van der Waals surface area (Å²) in [5.41, 5.74) is 0. The van der Waals surface area contributed by atoms with E-state index in [9.17, 15) is 0 Å². The van der Waals surface area contributed by atoms with Gasteiger partial charge in [0.05, 0.1) is 0 Å². The van der Waals surface area contributed by atoms with Crippen molar-refractivity contribution >= 4 is 15.7 Å². The smallest absolute Gasteiger partial charge is 0.0815 e. The molecular formula is C4H12B2. The Morgan fingerprint density at radius 1 is 1.67 bits per heavy atom. The van der Waals surface area contributed by atoms with Gasteiger partial charge in [0, 0.05) is 0 Å². The lowest BCUT2D eigenvalue weighted by Gasteiger charge is -1.95. The van der Waals surface area contributed by atoms with Crippen molar-refractivity contribution in [2.45, 2.75) is 25.5 Å². The highest BCUT2D eigenvalue weighted by molar-refractivity contribution is 6.13. The van der Waals surface area contributed by atoms with Crippen LogP contribution in [0.3, 0.4) is 0 Å². The van der Waals surface area contributed by atoms with Crippen LogP contribution in [0.5, 0.6) is 0 Å². The highest BCUT2D eigenvalue weighted by Gasteiger charge is 1.86. The predicted octanol–water partition coefficient (Wildman–Crippen LogP) is -0.131. The summed E-state index contributed by atoms with van der Waals surface area (Å²) < 4.78 is 0. The van der Waals surface area contributed by atoms with E-state index in [1.807, 2.05) is 0 Å². The van der Waals surface area contributed by atoms with E-state index < -0.39 is 0 Å². The SMILES string of the molecule is BCC[C@H](B)C. The van der Waals surface area contributed by atoms with Gasteiger partial charge in [0.25, 0.3) is 0 Å². The third-order valence-corrected chi connectivity index (χ3v) is 0.866. The van der Waals surface area contributed by atoms with Crippen molar-refractivity contribution < 1.29 is 0 Å². The van der Waals surface area contributed by atoms with Crippen LogP contribution < -0.4 is 0 Å². The van der Waals surface area contributed by atoms with Crippen molar-refractivity contribution in [3.63, 3.8) is 0 Å². The quantitative estimate of drug-likeness (QED) is 0.407. The van der Waals surface area contributed by atoms with Gasteiger partial charge in [0.1, 0.15) is 15.7 Å². The number of hydrogen-bond acceptors (Lipinski definition) is 0. The van der Waals surface area contributed by atoms with E-state index in [4.69, 9.17) is 0 Å². The van der Waals surface area contributed by atoms with Crippen LogP contribution in [-0.4, -0.2) is 15.7 Å². The maximum atomic E-state index is 2.25. The predicted molar refractivity (Wildman–Crippen MR) is 35.9 cm³/mol. The van der Waals surface area contributed by atoms with Crippen LogP contribution in [0.4, 0.5) is 0 Å². The van der Waals surface area contributed by atoms with Crippen LogP contribution in [0.1, 0.15) is 13.3 Å². The van der Waals surface area contributed by atoms with Crippen molar-refractivity contribution in [2.75, 3.05) is 0 Å². The molecule has 0 aromatic carbocycles. The molecule has 1 atom stereocenters. The monoisotopic (exact) mass is 82.1 g/mol. The molecule has 0 saturated heterocycles. The minimum Gasteiger partial charge on any atom is -0.0815 e. The van der Waals surface area contributed by atoms with Crippen molar-refractivity contribution in [1.82, 2.24) is 0 Å². The van der Waals surface area contributed by atoms with Crippen molar-refractivity contribution in [3.8, 4) is 0 Å². The normalized spacial score (nSPS) is 14.2. The molecule has 0 heterocycles. The molecule has 0 aliphatic rings. The van der Waals surface area contributed by atoms with Gasteiger partial charge in [0.2, 0.25) is 0 Å². The van der Waals surface area contributed by atoms with Gasteiger partial charge in [-0.25, -0.2) is 0 Å². The fraction of sp³-hybridized carbons (Fsp3) is 1.00. The van der Waals surface area contributed by atoms with Crippen LogP contribution in [0.25, 0.3) is 0 Å². The van der Waals surface area contributed by atoms with Gasteiger partial charge in [-0.3, -0.25) is 0 Å². The Labute approximate surface area is 42.1 Å². The summed E-state index contributed by atoms with van der Waals surface area (Å²) in [6.45, 7) is 2.25. The molecule has 0 fully saturated rings. The second-order valence-electron chi connectivity index (χ2n) is 2.18. The Balaban J connectivity index is 2.63. The second-order valence-corrected chi connectivity index (χ2v) is 2.18. The summed E-state index contributed by atoms with van der Waals surface area (Å²) in [7, 11) is 4.48. The minimum atomic E-state index is 0.898. The lowest BCUT2D eigenvalue weighted by Crippen LogP contribution is -1.82. The molecule has 0 radical (unpaired) electrons. The molecule has 0 aliphatic heterocycles. The average Bonchev–Trinajstić information content (AvgIpc) is 1.35. The van der Waals surface area contributed by atoms with Crippen LogP contribution in [-0.2, 0) is 0 Å². The van der Waals surface area contributed by atoms with E-state index in [2.05, 4.69) is 22.6 Å². The molecule has 0 N–H and O–H groups in total. The first-order valence-corrected chi connectivity index (χ1v) is 2.77. The van der Waals surface area contributed by atoms with Gasteiger partial charge in [-0.15, -0.1) is 0 Å². The third-order valence-electron chi connectivity index (χ3n) is 0.866. The highest BCUT2D eigenvalue weighted by Crippen LogP contribution is 2.03. The Morgan fingerprint density at radius 2 is 2.17 bits per heavy atom. The minimum absolute atomic E-state index is 0.898. The zero-order valence-corrected chi connectivity index (χ0v) is 4.99.